The Hall–Kier alpha value is -0.320. The minimum Gasteiger partial charge on any atom is -0.295 e. The summed E-state index contributed by atoms with van der Waals surface area (Å²) in [4.78, 5) is 11.4. The normalized spacial score (nSPS) is 21.7. The lowest BCUT2D eigenvalue weighted by atomic mass is 10.2. The molecule has 5 heteroatoms. The van der Waals surface area contributed by atoms with Crippen molar-refractivity contribution >= 4 is 23.4 Å². The van der Waals surface area contributed by atoms with Crippen LogP contribution in [0.15, 0.2) is 6.07 Å². The second-order valence-electron chi connectivity index (χ2n) is 4.36. The van der Waals surface area contributed by atoms with Crippen molar-refractivity contribution in [3.63, 3.8) is 0 Å². The SMILES string of the molecule is CCCc1cc(Cl)nc(C2CSCCN2C)n1. The molecule has 0 aliphatic carbocycles. The molecule has 2 rings (SSSR count). The Bertz CT molecular complexity index is 386. The van der Waals surface area contributed by atoms with E-state index in [4.69, 9.17) is 11.6 Å². The molecule has 0 aromatic carbocycles. The third-order valence-corrected chi connectivity index (χ3v) is 4.18. The van der Waals surface area contributed by atoms with Crippen LogP contribution in [0, 0.1) is 0 Å². The summed E-state index contributed by atoms with van der Waals surface area (Å²) >= 11 is 8.04. The van der Waals surface area contributed by atoms with Gasteiger partial charge in [0, 0.05) is 23.7 Å². The highest BCUT2D eigenvalue weighted by molar-refractivity contribution is 7.99. The summed E-state index contributed by atoms with van der Waals surface area (Å²) in [6.07, 6.45) is 2.06. The van der Waals surface area contributed by atoms with Crippen LogP contribution in [0.25, 0.3) is 0 Å². The van der Waals surface area contributed by atoms with Gasteiger partial charge in [0.2, 0.25) is 0 Å². The molecule has 0 spiro atoms. The van der Waals surface area contributed by atoms with E-state index in [1.807, 2.05) is 17.8 Å². The van der Waals surface area contributed by atoms with Crippen molar-refractivity contribution in [1.82, 2.24) is 14.9 Å². The first-order chi connectivity index (χ1) is 8.20. The van der Waals surface area contributed by atoms with Crippen LogP contribution in [0.1, 0.15) is 30.9 Å². The lowest BCUT2D eigenvalue weighted by molar-refractivity contribution is 0.264. The van der Waals surface area contributed by atoms with E-state index in [-0.39, 0.29) is 0 Å². The Kier molecular flexibility index (Phi) is 4.65. The standard InChI is InChI=1S/C12H18ClN3S/c1-3-4-9-7-11(13)15-12(14-9)10-8-17-6-5-16(10)2/h7,10H,3-6,8H2,1-2H3. The van der Waals surface area contributed by atoms with Crippen molar-refractivity contribution in [1.29, 1.82) is 0 Å². The topological polar surface area (TPSA) is 29.0 Å². The minimum absolute atomic E-state index is 0.308. The molecule has 0 bridgehead atoms. The molecule has 1 aromatic rings. The lowest BCUT2D eigenvalue weighted by Crippen LogP contribution is -2.34. The van der Waals surface area contributed by atoms with Gasteiger partial charge in [-0.2, -0.15) is 11.8 Å². The molecular weight excluding hydrogens is 254 g/mol. The molecule has 0 amide bonds. The van der Waals surface area contributed by atoms with Crippen LogP contribution in [-0.2, 0) is 6.42 Å². The van der Waals surface area contributed by atoms with Crippen LogP contribution in [-0.4, -0.2) is 40.0 Å². The molecule has 1 aliphatic rings. The average Bonchev–Trinajstić information content (AvgIpc) is 2.29. The monoisotopic (exact) mass is 271 g/mol. The van der Waals surface area contributed by atoms with Crippen molar-refractivity contribution in [3.05, 3.63) is 22.7 Å². The molecule has 0 radical (unpaired) electrons. The predicted molar refractivity (Wildman–Crippen MR) is 73.7 cm³/mol. The van der Waals surface area contributed by atoms with Gasteiger partial charge in [0.1, 0.15) is 11.0 Å². The van der Waals surface area contributed by atoms with Gasteiger partial charge >= 0.3 is 0 Å². The summed E-state index contributed by atoms with van der Waals surface area (Å²) in [6, 6.07) is 2.19. The Morgan fingerprint density at radius 1 is 1.53 bits per heavy atom. The average molecular weight is 272 g/mol. The molecule has 1 unspecified atom stereocenters. The highest BCUT2D eigenvalue weighted by atomic mass is 35.5. The molecule has 94 valence electrons. The predicted octanol–water partition coefficient (Wildman–Crippen LogP) is 2.80. The number of halogens is 1. The second kappa shape index (κ2) is 6.03. The first-order valence-electron chi connectivity index (χ1n) is 6.02. The van der Waals surface area contributed by atoms with Gasteiger partial charge in [0.15, 0.2) is 0 Å². The fourth-order valence-electron chi connectivity index (χ4n) is 1.98. The zero-order valence-electron chi connectivity index (χ0n) is 10.3. The van der Waals surface area contributed by atoms with Crippen molar-refractivity contribution in [3.8, 4) is 0 Å². The first-order valence-corrected chi connectivity index (χ1v) is 7.55. The number of hydrogen-bond acceptors (Lipinski definition) is 4. The van der Waals surface area contributed by atoms with E-state index in [1.54, 1.807) is 0 Å². The van der Waals surface area contributed by atoms with Crippen molar-refractivity contribution in [2.75, 3.05) is 25.1 Å². The van der Waals surface area contributed by atoms with E-state index >= 15 is 0 Å². The molecule has 0 N–H and O–H groups in total. The molecule has 2 heterocycles. The highest BCUT2D eigenvalue weighted by Gasteiger charge is 2.24. The van der Waals surface area contributed by atoms with Crippen molar-refractivity contribution < 1.29 is 0 Å². The maximum Gasteiger partial charge on any atom is 0.148 e. The highest BCUT2D eigenvalue weighted by Crippen LogP contribution is 2.26. The maximum atomic E-state index is 6.08. The molecule has 0 saturated carbocycles. The van der Waals surface area contributed by atoms with Gasteiger partial charge < -0.3 is 0 Å². The van der Waals surface area contributed by atoms with E-state index < -0.39 is 0 Å². The molecule has 17 heavy (non-hydrogen) atoms. The van der Waals surface area contributed by atoms with E-state index in [0.717, 1.165) is 36.7 Å². The van der Waals surface area contributed by atoms with E-state index in [2.05, 4.69) is 28.8 Å². The summed E-state index contributed by atoms with van der Waals surface area (Å²) in [5.74, 6) is 3.13. The summed E-state index contributed by atoms with van der Waals surface area (Å²) in [6.45, 7) is 3.24. The summed E-state index contributed by atoms with van der Waals surface area (Å²) < 4.78 is 0. The number of hydrogen-bond donors (Lipinski definition) is 0. The van der Waals surface area contributed by atoms with Gasteiger partial charge in [-0.3, -0.25) is 4.90 Å². The maximum absolute atomic E-state index is 6.08. The lowest BCUT2D eigenvalue weighted by Gasteiger charge is -2.31. The van der Waals surface area contributed by atoms with E-state index in [9.17, 15) is 0 Å². The van der Waals surface area contributed by atoms with Crippen LogP contribution >= 0.6 is 23.4 Å². The van der Waals surface area contributed by atoms with Crippen LogP contribution in [0.5, 0.6) is 0 Å². The summed E-state index contributed by atoms with van der Waals surface area (Å²) in [7, 11) is 2.13. The largest absolute Gasteiger partial charge is 0.295 e. The zero-order chi connectivity index (χ0) is 12.3. The third kappa shape index (κ3) is 3.33. The first kappa shape index (κ1) is 13.1. The van der Waals surface area contributed by atoms with Gasteiger partial charge in [0.25, 0.3) is 0 Å². The van der Waals surface area contributed by atoms with Crippen LogP contribution in [0.2, 0.25) is 5.15 Å². The molecule has 3 nitrogen and oxygen atoms in total. The van der Waals surface area contributed by atoms with Crippen LogP contribution in [0.3, 0.4) is 0 Å². The molecule has 1 aromatic heterocycles. The Morgan fingerprint density at radius 2 is 2.35 bits per heavy atom. The van der Waals surface area contributed by atoms with Crippen LogP contribution < -0.4 is 0 Å². The number of thioether (sulfide) groups is 1. The van der Waals surface area contributed by atoms with Gasteiger partial charge in [0.05, 0.1) is 6.04 Å². The van der Waals surface area contributed by atoms with Crippen molar-refractivity contribution in [2.45, 2.75) is 25.8 Å². The third-order valence-electron chi connectivity index (χ3n) is 2.97. The number of rotatable bonds is 3. The molecule has 1 aliphatic heterocycles. The van der Waals surface area contributed by atoms with E-state index in [0.29, 0.717) is 11.2 Å². The second-order valence-corrected chi connectivity index (χ2v) is 5.90. The van der Waals surface area contributed by atoms with Gasteiger partial charge in [-0.25, -0.2) is 9.97 Å². The zero-order valence-corrected chi connectivity index (χ0v) is 11.9. The van der Waals surface area contributed by atoms with Gasteiger partial charge in [-0.1, -0.05) is 24.9 Å². The summed E-state index contributed by atoms with van der Waals surface area (Å²) in [5.41, 5.74) is 1.06. The Balaban J connectivity index is 2.24. The smallest absolute Gasteiger partial charge is 0.148 e. The van der Waals surface area contributed by atoms with E-state index in [1.165, 1.54) is 5.75 Å². The summed E-state index contributed by atoms with van der Waals surface area (Å²) in [5, 5.41) is 0.572. The molecule has 1 fully saturated rings. The molecule has 1 atom stereocenters. The van der Waals surface area contributed by atoms with Gasteiger partial charge in [-0.05, 0) is 19.5 Å². The fourth-order valence-corrected chi connectivity index (χ4v) is 3.40. The minimum atomic E-state index is 0.308. The Morgan fingerprint density at radius 3 is 3.06 bits per heavy atom. The fraction of sp³-hybridized carbons (Fsp3) is 0.667. The number of nitrogens with zero attached hydrogens (tertiary/aromatic N) is 3. The molecular formula is C12H18ClN3S. The Labute approximate surface area is 112 Å². The molecule has 1 saturated heterocycles. The number of aromatic nitrogens is 2. The number of aryl methyl sites for hydroxylation is 1. The van der Waals surface area contributed by atoms with Gasteiger partial charge in [-0.15, -0.1) is 0 Å². The van der Waals surface area contributed by atoms with Crippen LogP contribution in [0.4, 0.5) is 0 Å². The van der Waals surface area contributed by atoms with Crippen molar-refractivity contribution in [2.24, 2.45) is 0 Å². The quantitative estimate of drug-likeness (QED) is 0.791.